The van der Waals surface area contributed by atoms with Gasteiger partial charge in [-0.25, -0.2) is 17.5 Å². The van der Waals surface area contributed by atoms with Crippen LogP contribution in [0.4, 0.5) is 4.39 Å². The van der Waals surface area contributed by atoms with Crippen LogP contribution in [0.2, 0.25) is 0 Å². The number of esters is 1. The first-order valence-electron chi connectivity index (χ1n) is 9.29. The van der Waals surface area contributed by atoms with Crippen LogP contribution in [0, 0.1) is 5.82 Å². The molecule has 0 atom stereocenters. The molecule has 1 aromatic carbocycles. The minimum absolute atomic E-state index is 0.0265. The summed E-state index contributed by atoms with van der Waals surface area (Å²) in [6.07, 6.45) is 6.12. The van der Waals surface area contributed by atoms with Crippen LogP contribution >= 0.6 is 11.8 Å². The van der Waals surface area contributed by atoms with Gasteiger partial charge < -0.3 is 4.74 Å². The molecule has 8 nitrogen and oxygen atoms in total. The second-order valence-electron chi connectivity index (χ2n) is 6.84. The van der Waals surface area contributed by atoms with E-state index in [1.54, 1.807) is 4.57 Å². The fraction of sp³-hybridized carbons (Fsp3) is 0.500. The molecule has 29 heavy (non-hydrogen) atoms. The van der Waals surface area contributed by atoms with Crippen molar-refractivity contribution < 1.29 is 22.3 Å². The molecule has 1 fully saturated rings. The molecule has 0 radical (unpaired) electrons. The van der Waals surface area contributed by atoms with Gasteiger partial charge in [0.2, 0.25) is 10.0 Å². The van der Waals surface area contributed by atoms with Gasteiger partial charge in [0.15, 0.2) is 11.0 Å². The van der Waals surface area contributed by atoms with Crippen molar-refractivity contribution in [3.63, 3.8) is 0 Å². The summed E-state index contributed by atoms with van der Waals surface area (Å²) < 4.78 is 45.6. The molecule has 0 saturated heterocycles. The van der Waals surface area contributed by atoms with Crippen molar-refractivity contribution in [2.75, 3.05) is 12.0 Å². The van der Waals surface area contributed by atoms with E-state index >= 15 is 0 Å². The standard InChI is InChI=1S/C18H23FN4O4S2/c1-29(25,26)20-11-16-21-22-18(23(16)14-9-7-13(19)8-10-14)28-12-17(24)27-15-5-3-2-4-6-15/h7-10,15,20H,2-6,11-12H2,1H3. The van der Waals surface area contributed by atoms with Crippen molar-refractivity contribution in [1.29, 1.82) is 0 Å². The van der Waals surface area contributed by atoms with Gasteiger partial charge in [-0.05, 0) is 49.9 Å². The zero-order valence-corrected chi connectivity index (χ0v) is 17.6. The number of carbonyl (C=O) groups is 1. The van der Waals surface area contributed by atoms with Crippen molar-refractivity contribution in [2.45, 2.75) is 49.9 Å². The van der Waals surface area contributed by atoms with Crippen LogP contribution in [0.25, 0.3) is 5.69 Å². The molecule has 1 aromatic heterocycles. The van der Waals surface area contributed by atoms with Gasteiger partial charge in [-0.3, -0.25) is 9.36 Å². The predicted molar refractivity (Wildman–Crippen MR) is 107 cm³/mol. The molecule has 2 aromatic rings. The number of thioether (sulfide) groups is 1. The molecule has 1 heterocycles. The van der Waals surface area contributed by atoms with Crippen LogP contribution < -0.4 is 4.72 Å². The molecule has 0 spiro atoms. The zero-order chi connectivity index (χ0) is 20.9. The number of ether oxygens (including phenoxy) is 1. The molecule has 1 aliphatic rings. The molecule has 0 bridgehead atoms. The molecular formula is C18H23FN4O4S2. The van der Waals surface area contributed by atoms with Crippen LogP contribution in [0.1, 0.15) is 37.9 Å². The van der Waals surface area contributed by atoms with Crippen molar-refractivity contribution in [1.82, 2.24) is 19.5 Å². The Hall–Kier alpha value is -1.98. The lowest BCUT2D eigenvalue weighted by Crippen LogP contribution is -2.23. The maximum absolute atomic E-state index is 13.3. The fourth-order valence-corrected chi connectivity index (χ4v) is 4.22. The predicted octanol–water partition coefficient (Wildman–Crippen LogP) is 2.42. The summed E-state index contributed by atoms with van der Waals surface area (Å²) in [5.74, 6) is -0.352. The molecule has 0 amide bonds. The van der Waals surface area contributed by atoms with Gasteiger partial charge in [-0.2, -0.15) is 0 Å². The van der Waals surface area contributed by atoms with Crippen molar-refractivity contribution in [3.05, 3.63) is 35.9 Å². The zero-order valence-electron chi connectivity index (χ0n) is 16.0. The quantitative estimate of drug-likeness (QED) is 0.495. The van der Waals surface area contributed by atoms with Crippen molar-refractivity contribution in [3.8, 4) is 5.69 Å². The van der Waals surface area contributed by atoms with Crippen LogP contribution in [-0.4, -0.2) is 47.3 Å². The van der Waals surface area contributed by atoms with E-state index < -0.39 is 15.8 Å². The Kier molecular flexibility index (Phi) is 7.25. The topological polar surface area (TPSA) is 103 Å². The highest BCUT2D eigenvalue weighted by molar-refractivity contribution is 7.99. The number of nitrogens with one attached hydrogen (secondary N) is 1. The van der Waals surface area contributed by atoms with E-state index in [1.165, 1.54) is 30.7 Å². The highest BCUT2D eigenvalue weighted by Crippen LogP contribution is 2.24. The van der Waals surface area contributed by atoms with Gasteiger partial charge in [0, 0.05) is 5.69 Å². The molecule has 0 unspecified atom stereocenters. The average molecular weight is 443 g/mol. The van der Waals surface area contributed by atoms with Crippen molar-refractivity contribution in [2.24, 2.45) is 0 Å². The monoisotopic (exact) mass is 442 g/mol. The summed E-state index contributed by atoms with van der Waals surface area (Å²) in [4.78, 5) is 12.2. The summed E-state index contributed by atoms with van der Waals surface area (Å²) in [7, 11) is -3.43. The second-order valence-corrected chi connectivity index (χ2v) is 9.62. The highest BCUT2D eigenvalue weighted by atomic mass is 32.2. The number of rotatable bonds is 8. The van der Waals surface area contributed by atoms with Crippen LogP contribution in [-0.2, 0) is 26.1 Å². The minimum atomic E-state index is -3.43. The van der Waals surface area contributed by atoms with Crippen molar-refractivity contribution >= 4 is 27.8 Å². The molecule has 1 saturated carbocycles. The molecule has 1 aliphatic carbocycles. The normalized spacial score (nSPS) is 15.4. The van der Waals surface area contributed by atoms with Crippen LogP contribution in [0.15, 0.2) is 29.4 Å². The number of nitrogens with zero attached hydrogens (tertiary/aromatic N) is 3. The summed E-state index contributed by atoms with van der Waals surface area (Å²) in [6, 6.07) is 5.64. The molecule has 158 valence electrons. The minimum Gasteiger partial charge on any atom is -0.462 e. The lowest BCUT2D eigenvalue weighted by Gasteiger charge is -2.21. The molecule has 0 aliphatic heterocycles. The highest BCUT2D eigenvalue weighted by Gasteiger charge is 2.20. The number of sulfonamides is 1. The number of hydrogen-bond donors (Lipinski definition) is 1. The Morgan fingerprint density at radius 3 is 2.59 bits per heavy atom. The van der Waals surface area contributed by atoms with E-state index in [2.05, 4.69) is 14.9 Å². The lowest BCUT2D eigenvalue weighted by molar-refractivity contribution is -0.147. The lowest BCUT2D eigenvalue weighted by atomic mass is 9.98. The van der Waals surface area contributed by atoms with Gasteiger partial charge in [0.1, 0.15) is 11.9 Å². The Balaban J connectivity index is 1.73. The summed E-state index contributed by atoms with van der Waals surface area (Å²) in [6.45, 7) is -0.0870. The molecule has 1 N–H and O–H groups in total. The number of carbonyl (C=O) groups excluding carboxylic acids is 1. The summed E-state index contributed by atoms with van der Waals surface area (Å²) in [5, 5.41) is 8.50. The average Bonchev–Trinajstić information content (AvgIpc) is 3.08. The Labute approximate surface area is 173 Å². The number of hydrogen-bond acceptors (Lipinski definition) is 7. The van der Waals surface area contributed by atoms with Gasteiger partial charge in [0.05, 0.1) is 18.6 Å². The van der Waals surface area contributed by atoms with E-state index in [4.69, 9.17) is 4.74 Å². The van der Waals surface area contributed by atoms with Gasteiger partial charge in [-0.15, -0.1) is 10.2 Å². The first-order valence-corrected chi connectivity index (χ1v) is 12.2. The smallest absolute Gasteiger partial charge is 0.316 e. The first kappa shape index (κ1) is 21.7. The fourth-order valence-electron chi connectivity index (χ4n) is 3.08. The third-order valence-electron chi connectivity index (χ3n) is 4.45. The summed E-state index contributed by atoms with van der Waals surface area (Å²) in [5.41, 5.74) is 0.560. The van der Waals surface area contributed by atoms with E-state index in [0.29, 0.717) is 16.7 Å². The SMILES string of the molecule is CS(=O)(=O)NCc1nnc(SCC(=O)OC2CCCCC2)n1-c1ccc(F)cc1. The maximum atomic E-state index is 13.3. The van der Waals surface area contributed by atoms with Gasteiger partial charge in [0.25, 0.3) is 0 Å². The van der Waals surface area contributed by atoms with E-state index in [-0.39, 0.29) is 24.4 Å². The second kappa shape index (κ2) is 9.68. The van der Waals surface area contributed by atoms with Crippen LogP contribution in [0.3, 0.4) is 0 Å². The molecule has 11 heteroatoms. The first-order chi connectivity index (χ1) is 13.8. The van der Waals surface area contributed by atoms with E-state index in [1.807, 2.05) is 0 Å². The third-order valence-corrected chi connectivity index (χ3v) is 6.02. The van der Waals surface area contributed by atoms with E-state index in [0.717, 1.165) is 43.7 Å². The van der Waals surface area contributed by atoms with E-state index in [9.17, 15) is 17.6 Å². The largest absolute Gasteiger partial charge is 0.462 e. The Bertz CT molecular complexity index is 941. The summed E-state index contributed by atoms with van der Waals surface area (Å²) >= 11 is 1.14. The number of halogens is 1. The Morgan fingerprint density at radius 1 is 1.24 bits per heavy atom. The number of aromatic nitrogens is 3. The maximum Gasteiger partial charge on any atom is 0.316 e. The Morgan fingerprint density at radius 2 is 1.93 bits per heavy atom. The third kappa shape index (κ3) is 6.51. The van der Waals surface area contributed by atoms with Crippen LogP contribution in [0.5, 0.6) is 0 Å². The van der Waals surface area contributed by atoms with Gasteiger partial charge >= 0.3 is 5.97 Å². The van der Waals surface area contributed by atoms with Gasteiger partial charge in [-0.1, -0.05) is 18.2 Å². The molecular weight excluding hydrogens is 419 g/mol. The molecule has 3 rings (SSSR count). The number of benzene rings is 1.